The summed E-state index contributed by atoms with van der Waals surface area (Å²) in [5.41, 5.74) is 0. The maximum absolute atomic E-state index is 12.0. The maximum Gasteiger partial charge on any atom is 0.238 e. The second-order valence-electron chi connectivity index (χ2n) is 5.19. The first kappa shape index (κ1) is 14.7. The highest BCUT2D eigenvalue weighted by Crippen LogP contribution is 2.14. The number of carbonyl (C=O) groups excluding carboxylic acids is 2. The quantitative estimate of drug-likeness (QED) is 0.792. The van der Waals surface area contributed by atoms with E-state index in [0.717, 1.165) is 44.0 Å². The van der Waals surface area contributed by atoms with E-state index >= 15 is 0 Å². The zero-order valence-corrected chi connectivity index (χ0v) is 12.3. The van der Waals surface area contributed by atoms with Crippen molar-refractivity contribution < 1.29 is 9.59 Å². The number of carbonyl (C=O) groups is 2. The number of rotatable bonds is 4. The highest BCUT2D eigenvalue weighted by Gasteiger charge is 2.27. The number of likely N-dealkylation sites (tertiary alicyclic amines) is 1. The smallest absolute Gasteiger partial charge is 0.238 e. The summed E-state index contributed by atoms with van der Waals surface area (Å²) in [5.74, 6) is 2.09. The Labute approximate surface area is 118 Å². The Bertz CT molecular complexity index is 324. The molecule has 2 amide bonds. The van der Waals surface area contributed by atoms with Crippen LogP contribution in [-0.4, -0.2) is 53.5 Å². The average Bonchev–Trinajstić information content (AvgIpc) is 2.94. The number of thioether (sulfide) groups is 1. The molecule has 0 radical (unpaired) electrons. The van der Waals surface area contributed by atoms with Gasteiger partial charge in [-0.2, -0.15) is 0 Å². The Balaban J connectivity index is 1.71. The fourth-order valence-corrected chi connectivity index (χ4v) is 3.45. The highest BCUT2D eigenvalue weighted by molar-refractivity contribution is 7.99. The van der Waals surface area contributed by atoms with Gasteiger partial charge < -0.3 is 10.2 Å². The van der Waals surface area contributed by atoms with Crippen LogP contribution in [0.3, 0.4) is 0 Å². The lowest BCUT2D eigenvalue weighted by Gasteiger charge is -2.32. The Kier molecular flexibility index (Phi) is 5.51. The lowest BCUT2D eigenvalue weighted by molar-refractivity contribution is -0.132. The van der Waals surface area contributed by atoms with Crippen LogP contribution >= 0.6 is 11.8 Å². The first-order valence-corrected chi connectivity index (χ1v) is 8.25. The molecular formula is C13H23N3O2S. The van der Waals surface area contributed by atoms with Gasteiger partial charge in [-0.3, -0.25) is 14.9 Å². The van der Waals surface area contributed by atoms with E-state index in [-0.39, 0.29) is 23.9 Å². The lowest BCUT2D eigenvalue weighted by atomic mass is 10.0. The summed E-state index contributed by atoms with van der Waals surface area (Å²) in [6.45, 7) is 3.57. The van der Waals surface area contributed by atoms with Gasteiger partial charge in [-0.15, -0.1) is 11.8 Å². The van der Waals surface area contributed by atoms with Gasteiger partial charge >= 0.3 is 0 Å². The van der Waals surface area contributed by atoms with Crippen molar-refractivity contribution in [2.45, 2.75) is 44.7 Å². The molecule has 0 aromatic heterocycles. The highest BCUT2D eigenvalue weighted by atomic mass is 32.2. The van der Waals surface area contributed by atoms with Crippen molar-refractivity contribution in [3.63, 3.8) is 0 Å². The van der Waals surface area contributed by atoms with Gasteiger partial charge in [0.2, 0.25) is 11.8 Å². The van der Waals surface area contributed by atoms with Crippen molar-refractivity contribution in [2.75, 3.05) is 24.7 Å². The van der Waals surface area contributed by atoms with Gasteiger partial charge in [0.25, 0.3) is 0 Å². The molecule has 2 N–H and O–H groups in total. The molecule has 2 saturated heterocycles. The maximum atomic E-state index is 12.0. The van der Waals surface area contributed by atoms with Gasteiger partial charge in [0, 0.05) is 37.2 Å². The predicted molar refractivity (Wildman–Crippen MR) is 76.9 cm³/mol. The van der Waals surface area contributed by atoms with E-state index in [9.17, 15) is 9.59 Å². The Morgan fingerprint density at radius 2 is 2.11 bits per heavy atom. The molecule has 2 aliphatic rings. The van der Waals surface area contributed by atoms with E-state index < -0.39 is 0 Å². The monoisotopic (exact) mass is 285 g/mol. The topological polar surface area (TPSA) is 61.4 Å². The van der Waals surface area contributed by atoms with E-state index in [1.807, 2.05) is 11.8 Å². The molecule has 5 nitrogen and oxygen atoms in total. The van der Waals surface area contributed by atoms with Gasteiger partial charge in [0.05, 0.1) is 6.04 Å². The Hall–Kier alpha value is -0.750. The zero-order valence-electron chi connectivity index (χ0n) is 11.5. The Morgan fingerprint density at radius 1 is 1.37 bits per heavy atom. The summed E-state index contributed by atoms with van der Waals surface area (Å²) in [4.78, 5) is 25.7. The third-order valence-electron chi connectivity index (χ3n) is 3.69. The first-order chi connectivity index (χ1) is 9.20. The molecule has 0 aliphatic carbocycles. The van der Waals surface area contributed by atoms with Crippen molar-refractivity contribution in [1.29, 1.82) is 0 Å². The molecule has 0 aromatic carbocycles. The van der Waals surface area contributed by atoms with Crippen LogP contribution in [-0.2, 0) is 9.59 Å². The molecule has 0 aromatic rings. The second kappa shape index (κ2) is 7.14. The third kappa shape index (κ3) is 4.11. The molecule has 19 heavy (non-hydrogen) atoms. The molecule has 2 rings (SSSR count). The van der Waals surface area contributed by atoms with Gasteiger partial charge in [-0.1, -0.05) is 6.92 Å². The summed E-state index contributed by atoms with van der Waals surface area (Å²) in [7, 11) is 0. The normalized spacial score (nSPS) is 24.5. The molecule has 2 heterocycles. The van der Waals surface area contributed by atoms with Crippen LogP contribution in [0.15, 0.2) is 0 Å². The lowest BCUT2D eigenvalue weighted by Crippen LogP contribution is -2.51. The fraction of sp³-hybridized carbons (Fsp3) is 0.846. The molecule has 0 saturated carbocycles. The van der Waals surface area contributed by atoms with Crippen molar-refractivity contribution in [2.24, 2.45) is 0 Å². The van der Waals surface area contributed by atoms with Crippen LogP contribution in [0.1, 0.15) is 32.6 Å². The zero-order chi connectivity index (χ0) is 13.7. The van der Waals surface area contributed by atoms with Crippen LogP contribution in [0.25, 0.3) is 0 Å². The minimum atomic E-state index is -0.0373. The summed E-state index contributed by atoms with van der Waals surface area (Å²) in [6, 6.07) is 0.190. The van der Waals surface area contributed by atoms with Crippen LogP contribution < -0.4 is 10.6 Å². The van der Waals surface area contributed by atoms with E-state index in [1.54, 1.807) is 11.8 Å². The largest absolute Gasteiger partial charge is 0.352 e. The Morgan fingerprint density at radius 3 is 2.68 bits per heavy atom. The van der Waals surface area contributed by atoms with Crippen molar-refractivity contribution in [1.82, 2.24) is 15.5 Å². The molecular weight excluding hydrogens is 262 g/mol. The van der Waals surface area contributed by atoms with Crippen molar-refractivity contribution in [3.05, 3.63) is 0 Å². The molecule has 2 aliphatic heterocycles. The van der Waals surface area contributed by atoms with Crippen molar-refractivity contribution >= 4 is 23.6 Å². The minimum Gasteiger partial charge on any atom is -0.352 e. The average molecular weight is 285 g/mol. The van der Waals surface area contributed by atoms with Crippen LogP contribution in [0.4, 0.5) is 0 Å². The van der Waals surface area contributed by atoms with Crippen molar-refractivity contribution in [3.8, 4) is 0 Å². The SMILES string of the molecule is CCCC(=O)N1CCC(NC(=O)C2CSCN2)CC1. The van der Waals surface area contributed by atoms with Crippen LogP contribution in [0.2, 0.25) is 0 Å². The van der Waals surface area contributed by atoms with Gasteiger partial charge in [0.1, 0.15) is 0 Å². The van der Waals surface area contributed by atoms with Gasteiger partial charge in [-0.25, -0.2) is 0 Å². The van der Waals surface area contributed by atoms with E-state index in [1.165, 1.54) is 0 Å². The van der Waals surface area contributed by atoms with Crippen LogP contribution in [0.5, 0.6) is 0 Å². The number of piperidine rings is 1. The molecule has 2 fully saturated rings. The van der Waals surface area contributed by atoms with E-state index in [2.05, 4.69) is 10.6 Å². The molecule has 1 unspecified atom stereocenters. The molecule has 0 bridgehead atoms. The summed E-state index contributed by atoms with van der Waals surface area (Å²) < 4.78 is 0. The number of amides is 2. The predicted octanol–water partition coefficient (Wildman–Crippen LogP) is 0.556. The second-order valence-corrected chi connectivity index (χ2v) is 6.22. The summed E-state index contributed by atoms with van der Waals surface area (Å²) in [6.07, 6.45) is 3.29. The molecule has 108 valence electrons. The number of hydrogen-bond acceptors (Lipinski definition) is 4. The summed E-state index contributed by atoms with van der Waals surface area (Å²) in [5, 5.41) is 6.28. The third-order valence-corrected chi connectivity index (χ3v) is 4.63. The van der Waals surface area contributed by atoms with Gasteiger partial charge in [-0.05, 0) is 19.3 Å². The summed E-state index contributed by atoms with van der Waals surface area (Å²) >= 11 is 1.76. The van der Waals surface area contributed by atoms with Gasteiger partial charge in [0.15, 0.2) is 0 Å². The molecule has 6 heteroatoms. The van der Waals surface area contributed by atoms with E-state index in [4.69, 9.17) is 0 Å². The number of hydrogen-bond donors (Lipinski definition) is 2. The minimum absolute atomic E-state index is 0.0373. The number of nitrogens with one attached hydrogen (secondary N) is 2. The molecule has 1 atom stereocenters. The first-order valence-electron chi connectivity index (χ1n) is 7.10. The standard InChI is InChI=1S/C13H23N3O2S/c1-2-3-12(17)16-6-4-10(5-7-16)15-13(18)11-8-19-9-14-11/h10-11,14H,2-9H2,1H3,(H,15,18). The number of nitrogens with zero attached hydrogens (tertiary/aromatic N) is 1. The fourth-order valence-electron chi connectivity index (χ4n) is 2.51. The molecule has 0 spiro atoms. The van der Waals surface area contributed by atoms with Crippen LogP contribution in [0, 0.1) is 0 Å². The van der Waals surface area contributed by atoms with E-state index in [0.29, 0.717) is 6.42 Å².